The molecule has 5 heteroatoms. The molecular weight excluding hydrogens is 256 g/mol. The monoisotopic (exact) mass is 282 g/mol. The van der Waals surface area contributed by atoms with Crippen molar-refractivity contribution >= 4 is 5.97 Å². The number of hydrogen-bond acceptors (Lipinski definition) is 4. The number of imidazole rings is 1. The Labute approximate surface area is 121 Å². The zero-order chi connectivity index (χ0) is 15.0. The van der Waals surface area contributed by atoms with Crippen molar-refractivity contribution in [1.29, 1.82) is 0 Å². The predicted molar refractivity (Wildman–Crippen MR) is 77.1 cm³/mol. The number of ether oxygens (including phenoxy) is 1. The van der Waals surface area contributed by atoms with Gasteiger partial charge in [-0.3, -0.25) is 4.79 Å². The van der Waals surface area contributed by atoms with Crippen molar-refractivity contribution in [2.75, 3.05) is 13.2 Å². The first-order valence-electron chi connectivity index (χ1n) is 7.36. The van der Waals surface area contributed by atoms with Gasteiger partial charge in [-0.1, -0.05) is 20.3 Å². The number of esters is 1. The molecule has 0 aliphatic rings. The second-order valence-electron chi connectivity index (χ2n) is 5.18. The van der Waals surface area contributed by atoms with E-state index in [-0.39, 0.29) is 24.4 Å². The molecule has 1 heterocycles. The van der Waals surface area contributed by atoms with Crippen LogP contribution in [0, 0.1) is 11.8 Å². The Balaban J connectivity index is 2.64. The van der Waals surface area contributed by atoms with E-state index in [0.29, 0.717) is 19.4 Å². The largest absolute Gasteiger partial charge is 0.465 e. The van der Waals surface area contributed by atoms with Crippen LogP contribution in [0.3, 0.4) is 0 Å². The lowest BCUT2D eigenvalue weighted by Gasteiger charge is -2.23. The van der Waals surface area contributed by atoms with Gasteiger partial charge < -0.3 is 14.4 Å². The van der Waals surface area contributed by atoms with Crippen LogP contribution < -0.4 is 0 Å². The average molecular weight is 282 g/mol. The number of hydrogen-bond donors (Lipinski definition) is 1. The molecule has 1 rings (SSSR count). The number of aliphatic hydroxyl groups is 1. The van der Waals surface area contributed by atoms with Gasteiger partial charge in [-0.2, -0.15) is 0 Å². The highest BCUT2D eigenvalue weighted by molar-refractivity contribution is 5.72. The molecule has 0 aromatic carbocycles. The molecule has 1 aromatic rings. The van der Waals surface area contributed by atoms with Crippen molar-refractivity contribution in [1.82, 2.24) is 9.55 Å². The van der Waals surface area contributed by atoms with E-state index in [4.69, 9.17) is 4.74 Å². The van der Waals surface area contributed by atoms with Gasteiger partial charge in [0.25, 0.3) is 0 Å². The van der Waals surface area contributed by atoms with Crippen LogP contribution in [-0.4, -0.2) is 33.8 Å². The van der Waals surface area contributed by atoms with Gasteiger partial charge in [0.1, 0.15) is 0 Å². The van der Waals surface area contributed by atoms with E-state index in [1.807, 2.05) is 18.5 Å². The van der Waals surface area contributed by atoms with Gasteiger partial charge >= 0.3 is 5.97 Å². The molecule has 0 aliphatic heterocycles. The quantitative estimate of drug-likeness (QED) is 0.555. The van der Waals surface area contributed by atoms with Crippen LogP contribution in [0.2, 0.25) is 0 Å². The summed E-state index contributed by atoms with van der Waals surface area (Å²) in [5, 5.41) is 9.60. The van der Waals surface area contributed by atoms with Crippen molar-refractivity contribution in [2.45, 2.75) is 39.5 Å². The Morgan fingerprint density at radius 1 is 1.50 bits per heavy atom. The average Bonchev–Trinajstić information content (AvgIpc) is 2.84. The highest BCUT2D eigenvalue weighted by Crippen LogP contribution is 2.22. The van der Waals surface area contributed by atoms with Gasteiger partial charge in [0, 0.05) is 31.5 Å². The third kappa shape index (κ3) is 4.63. The molecule has 0 aliphatic carbocycles. The molecule has 0 saturated carbocycles. The third-order valence-electron chi connectivity index (χ3n) is 3.68. The molecule has 0 spiro atoms. The normalized spacial score (nSPS) is 14.0. The number of unbranched alkanes of at least 4 members (excludes halogenated alkanes) is 1. The van der Waals surface area contributed by atoms with Crippen LogP contribution in [0.4, 0.5) is 0 Å². The molecule has 1 N–H and O–H groups in total. The van der Waals surface area contributed by atoms with Gasteiger partial charge in [0.15, 0.2) is 0 Å². The summed E-state index contributed by atoms with van der Waals surface area (Å²) < 4.78 is 7.21. The number of aromatic nitrogens is 2. The maximum atomic E-state index is 12.1. The molecule has 0 radical (unpaired) electrons. The first-order chi connectivity index (χ1) is 9.63. The second-order valence-corrected chi connectivity index (χ2v) is 5.18. The lowest BCUT2D eigenvalue weighted by molar-refractivity contribution is -0.151. The number of rotatable bonds is 9. The standard InChI is InChI=1S/C15H26N2O3/c1-4-6-7-20-15(19)14(5-2)12(10-18)8-13-9-16-11-17(13)3/h9,11-12,14,18H,4-8,10H2,1-3H3. The summed E-state index contributed by atoms with van der Waals surface area (Å²) in [6, 6.07) is 0. The highest BCUT2D eigenvalue weighted by atomic mass is 16.5. The first kappa shape index (κ1) is 16.7. The highest BCUT2D eigenvalue weighted by Gasteiger charge is 2.28. The molecule has 0 bridgehead atoms. The van der Waals surface area contributed by atoms with Crippen molar-refractivity contribution in [2.24, 2.45) is 18.9 Å². The minimum Gasteiger partial charge on any atom is -0.465 e. The maximum absolute atomic E-state index is 12.1. The van der Waals surface area contributed by atoms with E-state index < -0.39 is 0 Å². The molecule has 0 saturated heterocycles. The van der Waals surface area contributed by atoms with Crippen LogP contribution in [0.15, 0.2) is 12.5 Å². The van der Waals surface area contributed by atoms with Crippen LogP contribution in [0.5, 0.6) is 0 Å². The fourth-order valence-corrected chi connectivity index (χ4v) is 2.30. The summed E-state index contributed by atoms with van der Waals surface area (Å²) in [5.74, 6) is -0.571. The van der Waals surface area contributed by atoms with Crippen molar-refractivity contribution in [3.8, 4) is 0 Å². The van der Waals surface area contributed by atoms with E-state index in [1.165, 1.54) is 0 Å². The third-order valence-corrected chi connectivity index (χ3v) is 3.68. The molecule has 1 aromatic heterocycles. The fourth-order valence-electron chi connectivity index (χ4n) is 2.30. The molecule has 5 nitrogen and oxygen atoms in total. The second kappa shape index (κ2) is 8.74. The maximum Gasteiger partial charge on any atom is 0.309 e. The Morgan fingerprint density at radius 3 is 2.75 bits per heavy atom. The Morgan fingerprint density at radius 2 is 2.25 bits per heavy atom. The fraction of sp³-hybridized carbons (Fsp3) is 0.733. The predicted octanol–water partition coefficient (Wildman–Crippen LogP) is 1.94. The SMILES string of the molecule is CCCCOC(=O)C(CC)C(CO)Cc1cncn1C. The molecule has 0 amide bonds. The van der Waals surface area contributed by atoms with Gasteiger partial charge in [-0.25, -0.2) is 4.98 Å². The van der Waals surface area contributed by atoms with Crippen LogP contribution in [-0.2, 0) is 23.0 Å². The van der Waals surface area contributed by atoms with Gasteiger partial charge in [-0.15, -0.1) is 0 Å². The number of aliphatic hydroxyl groups excluding tert-OH is 1. The molecule has 2 unspecified atom stereocenters. The Hall–Kier alpha value is -1.36. The van der Waals surface area contributed by atoms with Crippen molar-refractivity contribution < 1.29 is 14.6 Å². The first-order valence-corrected chi connectivity index (χ1v) is 7.36. The number of carbonyl (C=O) groups excluding carboxylic acids is 1. The lowest BCUT2D eigenvalue weighted by atomic mass is 9.87. The molecule has 0 fully saturated rings. The lowest BCUT2D eigenvalue weighted by Crippen LogP contribution is -2.30. The van der Waals surface area contributed by atoms with Crippen LogP contribution in [0.1, 0.15) is 38.8 Å². The summed E-state index contributed by atoms with van der Waals surface area (Å²) in [4.78, 5) is 16.2. The summed E-state index contributed by atoms with van der Waals surface area (Å²) in [6.07, 6.45) is 6.70. The summed E-state index contributed by atoms with van der Waals surface area (Å²) in [7, 11) is 1.91. The molecule has 2 atom stereocenters. The Kier molecular flexibility index (Phi) is 7.30. The van der Waals surface area contributed by atoms with E-state index in [0.717, 1.165) is 18.5 Å². The summed E-state index contributed by atoms with van der Waals surface area (Å²) in [5.41, 5.74) is 1.02. The number of carbonyl (C=O) groups is 1. The van der Waals surface area contributed by atoms with Gasteiger partial charge in [0.05, 0.1) is 18.9 Å². The number of aryl methyl sites for hydroxylation is 1. The topological polar surface area (TPSA) is 64.3 Å². The van der Waals surface area contributed by atoms with Crippen LogP contribution in [0.25, 0.3) is 0 Å². The summed E-state index contributed by atoms with van der Waals surface area (Å²) in [6.45, 7) is 4.46. The molecule has 20 heavy (non-hydrogen) atoms. The molecular formula is C15H26N2O3. The van der Waals surface area contributed by atoms with E-state index >= 15 is 0 Å². The molecule has 114 valence electrons. The van der Waals surface area contributed by atoms with Crippen molar-refractivity contribution in [3.05, 3.63) is 18.2 Å². The zero-order valence-electron chi connectivity index (χ0n) is 12.7. The van der Waals surface area contributed by atoms with Crippen LogP contribution >= 0.6 is 0 Å². The minimum atomic E-state index is -0.258. The minimum absolute atomic E-state index is 0.0213. The van der Waals surface area contributed by atoms with Gasteiger partial charge in [0.2, 0.25) is 0 Å². The summed E-state index contributed by atoms with van der Waals surface area (Å²) >= 11 is 0. The van der Waals surface area contributed by atoms with E-state index in [1.54, 1.807) is 12.5 Å². The zero-order valence-corrected chi connectivity index (χ0v) is 12.7. The van der Waals surface area contributed by atoms with Gasteiger partial charge in [-0.05, 0) is 19.3 Å². The smallest absolute Gasteiger partial charge is 0.309 e. The van der Waals surface area contributed by atoms with E-state index in [2.05, 4.69) is 11.9 Å². The van der Waals surface area contributed by atoms with E-state index in [9.17, 15) is 9.90 Å². The van der Waals surface area contributed by atoms with Crippen molar-refractivity contribution in [3.63, 3.8) is 0 Å². The number of nitrogens with zero attached hydrogens (tertiary/aromatic N) is 2. The Bertz CT molecular complexity index is 404.